The van der Waals surface area contributed by atoms with Crippen molar-refractivity contribution in [3.63, 3.8) is 0 Å². The van der Waals surface area contributed by atoms with Crippen LogP contribution in [0.25, 0.3) is 5.70 Å². The highest BCUT2D eigenvalue weighted by molar-refractivity contribution is 6.11. The maximum absolute atomic E-state index is 14.0. The minimum Gasteiger partial charge on any atom is -0.325 e. The summed E-state index contributed by atoms with van der Waals surface area (Å²) in [5.41, 5.74) is 2.29. The van der Waals surface area contributed by atoms with Crippen molar-refractivity contribution in [3.8, 4) is 6.07 Å². The van der Waals surface area contributed by atoms with Gasteiger partial charge in [-0.3, -0.25) is 19.3 Å². The van der Waals surface area contributed by atoms with Crippen LogP contribution in [-0.2, 0) is 15.0 Å². The minimum atomic E-state index is -0.968. The molecule has 0 radical (unpaired) electrons. The first kappa shape index (κ1) is 21.9. The van der Waals surface area contributed by atoms with Crippen LogP contribution in [-0.4, -0.2) is 46.1 Å². The molecule has 172 valence electrons. The van der Waals surface area contributed by atoms with E-state index < -0.39 is 17.5 Å². The third kappa shape index (κ3) is 3.06. The van der Waals surface area contributed by atoms with Crippen LogP contribution < -0.4 is 5.32 Å². The monoisotopic (exact) mass is 454 g/mol. The van der Waals surface area contributed by atoms with Crippen LogP contribution in [0.4, 0.5) is 5.69 Å². The number of amides is 3. The van der Waals surface area contributed by atoms with Crippen LogP contribution in [0.5, 0.6) is 0 Å². The predicted octanol–water partition coefficient (Wildman–Crippen LogP) is 3.54. The van der Waals surface area contributed by atoms with E-state index in [0.29, 0.717) is 23.2 Å². The summed E-state index contributed by atoms with van der Waals surface area (Å²) in [4.78, 5) is 43.5. The van der Waals surface area contributed by atoms with E-state index in [4.69, 9.17) is 0 Å². The van der Waals surface area contributed by atoms with Gasteiger partial charge in [-0.15, -0.1) is 0 Å². The zero-order valence-electron chi connectivity index (χ0n) is 19.2. The highest BCUT2D eigenvalue weighted by atomic mass is 16.2. The summed E-state index contributed by atoms with van der Waals surface area (Å²) in [5, 5.41) is 12.9. The summed E-state index contributed by atoms with van der Waals surface area (Å²) < 4.78 is 0. The van der Waals surface area contributed by atoms with E-state index in [1.807, 2.05) is 50.2 Å². The number of carbonyl (C=O) groups excluding carboxylic acids is 3. The molecule has 3 aliphatic rings. The number of hydrogen-bond acceptors (Lipinski definition) is 4. The fourth-order valence-electron chi connectivity index (χ4n) is 5.57. The van der Waals surface area contributed by atoms with Crippen molar-refractivity contribution >= 4 is 29.1 Å². The Morgan fingerprint density at radius 2 is 1.85 bits per heavy atom. The molecule has 0 aliphatic carbocycles. The van der Waals surface area contributed by atoms with Crippen LogP contribution >= 0.6 is 0 Å². The molecule has 3 aliphatic heterocycles. The van der Waals surface area contributed by atoms with Crippen LogP contribution in [0.1, 0.15) is 48.2 Å². The van der Waals surface area contributed by atoms with Gasteiger partial charge in [-0.25, -0.2) is 0 Å². The van der Waals surface area contributed by atoms with E-state index in [-0.39, 0.29) is 36.6 Å². The molecule has 0 aromatic heterocycles. The lowest BCUT2D eigenvalue weighted by atomic mass is 9.80. The van der Waals surface area contributed by atoms with Crippen molar-refractivity contribution in [2.45, 2.75) is 44.2 Å². The lowest BCUT2D eigenvalue weighted by molar-refractivity contribution is -0.136. The van der Waals surface area contributed by atoms with Gasteiger partial charge in [-0.1, -0.05) is 56.8 Å². The summed E-state index contributed by atoms with van der Waals surface area (Å²) in [6, 6.07) is 15.3. The van der Waals surface area contributed by atoms with E-state index >= 15 is 0 Å². The zero-order chi connectivity index (χ0) is 24.2. The molecule has 1 saturated heterocycles. The maximum atomic E-state index is 14.0. The number of hydrogen-bond donors (Lipinski definition) is 1. The predicted molar refractivity (Wildman–Crippen MR) is 127 cm³/mol. The van der Waals surface area contributed by atoms with E-state index in [1.165, 1.54) is 9.80 Å². The second-order valence-electron chi connectivity index (χ2n) is 9.71. The quantitative estimate of drug-likeness (QED) is 0.765. The molecule has 1 unspecified atom stereocenters. The van der Waals surface area contributed by atoms with Crippen molar-refractivity contribution in [2.24, 2.45) is 5.92 Å². The van der Waals surface area contributed by atoms with Gasteiger partial charge in [0, 0.05) is 35.5 Å². The van der Waals surface area contributed by atoms with Crippen molar-refractivity contribution in [3.05, 3.63) is 71.8 Å². The van der Waals surface area contributed by atoms with E-state index in [0.717, 1.165) is 11.3 Å². The highest BCUT2D eigenvalue weighted by Crippen LogP contribution is 2.47. The zero-order valence-corrected chi connectivity index (χ0v) is 19.2. The van der Waals surface area contributed by atoms with Gasteiger partial charge < -0.3 is 10.2 Å². The molecule has 1 fully saturated rings. The molecule has 0 saturated carbocycles. The molecular formula is C27H26N4O3. The molecular weight excluding hydrogens is 428 g/mol. The minimum absolute atomic E-state index is 0.100. The molecule has 34 heavy (non-hydrogen) atoms. The molecule has 0 bridgehead atoms. The number of likely N-dealkylation sites (tertiary alicyclic amines) is 1. The van der Waals surface area contributed by atoms with Crippen molar-refractivity contribution in [2.75, 3.05) is 11.9 Å². The first-order valence-corrected chi connectivity index (χ1v) is 11.5. The Kier molecular flexibility index (Phi) is 5.05. The average molecular weight is 455 g/mol. The largest absolute Gasteiger partial charge is 0.325 e. The summed E-state index contributed by atoms with van der Waals surface area (Å²) >= 11 is 0. The average Bonchev–Trinajstić information content (AvgIpc) is 3.43. The van der Waals surface area contributed by atoms with Crippen LogP contribution in [0.2, 0.25) is 0 Å². The van der Waals surface area contributed by atoms with Gasteiger partial charge in [0.25, 0.3) is 5.91 Å². The summed E-state index contributed by atoms with van der Waals surface area (Å²) in [6.07, 6.45) is 0.642. The molecule has 7 nitrogen and oxygen atoms in total. The number of fused-ring (bicyclic) bond motifs is 3. The van der Waals surface area contributed by atoms with E-state index in [9.17, 15) is 19.6 Å². The van der Waals surface area contributed by atoms with Crippen LogP contribution in [0, 0.1) is 17.2 Å². The van der Waals surface area contributed by atoms with Gasteiger partial charge in [0.2, 0.25) is 11.8 Å². The Labute approximate surface area is 198 Å². The van der Waals surface area contributed by atoms with Crippen LogP contribution in [0.3, 0.4) is 0 Å². The first-order chi connectivity index (χ1) is 16.3. The molecule has 1 N–H and O–H groups in total. The topological polar surface area (TPSA) is 93.5 Å². The number of rotatable bonds is 4. The highest BCUT2D eigenvalue weighted by Gasteiger charge is 2.57. The summed E-state index contributed by atoms with van der Waals surface area (Å²) in [6.45, 7) is 8.20. The van der Waals surface area contributed by atoms with Gasteiger partial charge in [0.1, 0.15) is 12.1 Å². The standard InChI is InChI=1S/C27H26N4O3/c1-16(2)12-23(31-17(3)19-8-4-5-9-20(19)24(31)32)25(33)30-15-27(13-18(30)14-28)21-10-6-7-11-22(21)29-26(27)34/h4-11,16,18,23H,3,12-13,15H2,1-2H3,(H,29,34)/t18-,23?,27-/m0/s1. The molecule has 3 atom stereocenters. The molecule has 3 heterocycles. The molecule has 3 amide bonds. The maximum Gasteiger partial charge on any atom is 0.259 e. The Hall–Kier alpha value is -3.92. The third-order valence-electron chi connectivity index (χ3n) is 7.19. The van der Waals surface area contributed by atoms with Gasteiger partial charge in [0.15, 0.2) is 0 Å². The smallest absolute Gasteiger partial charge is 0.259 e. The Balaban J connectivity index is 1.52. The van der Waals surface area contributed by atoms with Crippen molar-refractivity contribution < 1.29 is 14.4 Å². The molecule has 1 spiro atoms. The van der Waals surface area contributed by atoms with Gasteiger partial charge in [-0.2, -0.15) is 5.26 Å². The van der Waals surface area contributed by atoms with Crippen molar-refractivity contribution in [1.29, 1.82) is 5.26 Å². The number of carbonyl (C=O) groups is 3. The number of nitrogens with zero attached hydrogens (tertiary/aromatic N) is 3. The second-order valence-corrected chi connectivity index (χ2v) is 9.71. The fourth-order valence-corrected chi connectivity index (χ4v) is 5.57. The number of nitriles is 1. The molecule has 5 rings (SSSR count). The van der Waals surface area contributed by atoms with E-state index in [1.54, 1.807) is 12.1 Å². The molecule has 7 heteroatoms. The SMILES string of the molecule is C=C1c2ccccc2C(=O)N1C(CC(C)C)C(=O)N1C[C@]2(C[C@H]1C#N)C(=O)Nc1ccccc12. The Bertz CT molecular complexity index is 1240. The first-order valence-electron chi connectivity index (χ1n) is 11.5. The van der Waals surface area contributed by atoms with Gasteiger partial charge in [0.05, 0.1) is 11.5 Å². The normalized spacial score (nSPS) is 23.8. The molecule has 2 aromatic carbocycles. The van der Waals surface area contributed by atoms with E-state index in [2.05, 4.69) is 18.0 Å². The van der Waals surface area contributed by atoms with Gasteiger partial charge in [-0.05, 0) is 30.0 Å². The molecule has 2 aromatic rings. The third-order valence-corrected chi connectivity index (χ3v) is 7.19. The Morgan fingerprint density at radius 3 is 2.53 bits per heavy atom. The fraction of sp³-hybridized carbons (Fsp3) is 0.333. The second kappa shape index (κ2) is 7.84. The summed E-state index contributed by atoms with van der Waals surface area (Å²) in [5.74, 6) is -0.660. The number of nitrogens with one attached hydrogen (secondary N) is 1. The lowest BCUT2D eigenvalue weighted by Gasteiger charge is -2.33. The summed E-state index contributed by atoms with van der Waals surface area (Å²) in [7, 11) is 0. The number of benzene rings is 2. The lowest BCUT2D eigenvalue weighted by Crippen LogP contribution is -2.51. The number of anilines is 1. The van der Waals surface area contributed by atoms with Gasteiger partial charge >= 0.3 is 0 Å². The van der Waals surface area contributed by atoms with Crippen molar-refractivity contribution in [1.82, 2.24) is 9.80 Å². The Morgan fingerprint density at radius 1 is 1.18 bits per heavy atom. The van der Waals surface area contributed by atoms with Crippen LogP contribution in [0.15, 0.2) is 55.1 Å². The number of para-hydroxylation sites is 1.